The van der Waals surface area contributed by atoms with E-state index in [1.165, 1.54) is 11.2 Å². The summed E-state index contributed by atoms with van der Waals surface area (Å²) in [4.78, 5) is 28.1. The summed E-state index contributed by atoms with van der Waals surface area (Å²) >= 11 is 5.51. The first-order valence-electron chi connectivity index (χ1n) is 5.17. The number of carboxylic acids is 1. The Morgan fingerprint density at radius 1 is 1.65 bits per heavy atom. The largest absolute Gasteiger partial charge is 0.480 e. The van der Waals surface area contributed by atoms with Crippen LogP contribution in [0.4, 0.5) is 0 Å². The molecule has 0 aromatic carbocycles. The number of nitrogens with zero attached hydrogens (tertiary/aromatic N) is 2. The summed E-state index contributed by atoms with van der Waals surface area (Å²) in [5.41, 5.74) is 0.105. The molecule has 0 radical (unpaired) electrons. The van der Waals surface area contributed by atoms with Crippen LogP contribution in [0.5, 0.6) is 0 Å². The number of carbonyl (C=O) groups is 2. The number of aliphatic carboxylic acids is 1. The zero-order valence-corrected chi connectivity index (χ0v) is 9.68. The van der Waals surface area contributed by atoms with Crippen molar-refractivity contribution in [2.75, 3.05) is 6.54 Å². The molecular formula is C10H11ClN2O4. The van der Waals surface area contributed by atoms with Gasteiger partial charge in [-0.15, -0.1) is 11.6 Å². The number of oxazole rings is 1. The maximum atomic E-state index is 12.0. The molecule has 1 amide bonds. The average Bonchev–Trinajstić information content (AvgIpc) is 2.97. The lowest BCUT2D eigenvalue weighted by molar-refractivity contribution is -0.141. The number of carbonyl (C=O) groups excluding carboxylic acids is 1. The van der Waals surface area contributed by atoms with Crippen molar-refractivity contribution in [2.24, 2.45) is 0 Å². The number of amides is 1. The normalized spacial score (nSPS) is 19.6. The minimum atomic E-state index is -0.989. The van der Waals surface area contributed by atoms with Crippen LogP contribution in [0.25, 0.3) is 0 Å². The van der Waals surface area contributed by atoms with Crippen LogP contribution in [0.2, 0.25) is 0 Å². The third-order valence-corrected chi connectivity index (χ3v) is 2.91. The van der Waals surface area contributed by atoms with E-state index in [-0.39, 0.29) is 17.5 Å². The number of likely N-dealkylation sites (tertiary alicyclic amines) is 1. The Bertz CT molecular complexity index is 445. The van der Waals surface area contributed by atoms with Crippen molar-refractivity contribution < 1.29 is 19.1 Å². The van der Waals surface area contributed by atoms with E-state index < -0.39 is 17.9 Å². The molecule has 2 heterocycles. The van der Waals surface area contributed by atoms with Gasteiger partial charge in [-0.3, -0.25) is 4.79 Å². The molecule has 1 fully saturated rings. The number of halogens is 1. The summed E-state index contributed by atoms with van der Waals surface area (Å²) in [6.45, 7) is 0.429. The predicted octanol–water partition coefficient (Wildman–Crippen LogP) is 1.10. The Kier molecular flexibility index (Phi) is 3.33. The van der Waals surface area contributed by atoms with E-state index >= 15 is 0 Å². The predicted molar refractivity (Wildman–Crippen MR) is 57.8 cm³/mol. The van der Waals surface area contributed by atoms with Gasteiger partial charge < -0.3 is 14.4 Å². The van der Waals surface area contributed by atoms with E-state index in [1.54, 1.807) is 0 Å². The van der Waals surface area contributed by atoms with Crippen molar-refractivity contribution in [1.29, 1.82) is 0 Å². The first-order valence-corrected chi connectivity index (χ1v) is 5.71. The second kappa shape index (κ2) is 4.75. The Morgan fingerprint density at radius 3 is 3.00 bits per heavy atom. The van der Waals surface area contributed by atoms with Crippen LogP contribution < -0.4 is 0 Å². The lowest BCUT2D eigenvalue weighted by Crippen LogP contribution is -2.40. The van der Waals surface area contributed by atoms with E-state index in [9.17, 15) is 9.59 Å². The number of aromatic nitrogens is 1. The highest BCUT2D eigenvalue weighted by molar-refractivity contribution is 6.16. The molecule has 0 bridgehead atoms. The maximum Gasteiger partial charge on any atom is 0.326 e. The SMILES string of the molecule is O=C(O)[C@H]1CCCN1C(=O)c1coc(CCl)n1. The van der Waals surface area contributed by atoms with Gasteiger partial charge in [0, 0.05) is 6.54 Å². The van der Waals surface area contributed by atoms with Crippen molar-refractivity contribution in [3.05, 3.63) is 17.8 Å². The summed E-state index contributed by atoms with van der Waals surface area (Å²) in [5, 5.41) is 8.97. The smallest absolute Gasteiger partial charge is 0.326 e. The van der Waals surface area contributed by atoms with E-state index in [0.717, 1.165) is 0 Å². The lowest BCUT2D eigenvalue weighted by Gasteiger charge is -2.19. The Labute approximate surface area is 102 Å². The molecule has 6 nitrogen and oxygen atoms in total. The molecule has 92 valence electrons. The summed E-state index contributed by atoms with van der Waals surface area (Å²) in [5.74, 6) is -1.08. The fraction of sp³-hybridized carbons (Fsp3) is 0.500. The van der Waals surface area contributed by atoms with Crippen LogP contribution in [0.1, 0.15) is 29.2 Å². The van der Waals surface area contributed by atoms with E-state index in [0.29, 0.717) is 19.4 Å². The van der Waals surface area contributed by atoms with Gasteiger partial charge in [0.05, 0.1) is 5.88 Å². The minimum Gasteiger partial charge on any atom is -0.480 e. The Balaban J connectivity index is 2.16. The van der Waals surface area contributed by atoms with Crippen LogP contribution in [0.3, 0.4) is 0 Å². The van der Waals surface area contributed by atoms with Gasteiger partial charge in [-0.1, -0.05) is 0 Å². The van der Waals surface area contributed by atoms with Gasteiger partial charge in [0.2, 0.25) is 5.89 Å². The van der Waals surface area contributed by atoms with Crippen molar-refractivity contribution in [3.63, 3.8) is 0 Å². The molecule has 17 heavy (non-hydrogen) atoms. The molecule has 0 aliphatic carbocycles. The fourth-order valence-corrected chi connectivity index (χ4v) is 2.01. The highest BCUT2D eigenvalue weighted by Gasteiger charge is 2.35. The van der Waals surface area contributed by atoms with Crippen molar-refractivity contribution in [3.8, 4) is 0 Å². The van der Waals surface area contributed by atoms with Crippen molar-refractivity contribution in [2.45, 2.75) is 24.8 Å². The summed E-state index contributed by atoms with van der Waals surface area (Å²) in [6.07, 6.45) is 2.36. The van der Waals surface area contributed by atoms with Crippen LogP contribution >= 0.6 is 11.6 Å². The molecule has 0 unspecified atom stereocenters. The second-order valence-electron chi connectivity index (χ2n) is 3.75. The second-order valence-corrected chi connectivity index (χ2v) is 4.02. The fourth-order valence-electron chi connectivity index (χ4n) is 1.88. The third kappa shape index (κ3) is 2.26. The topological polar surface area (TPSA) is 83.6 Å². The van der Waals surface area contributed by atoms with Crippen molar-refractivity contribution in [1.82, 2.24) is 9.88 Å². The van der Waals surface area contributed by atoms with Crippen LogP contribution in [-0.4, -0.2) is 39.5 Å². The first-order chi connectivity index (χ1) is 8.13. The lowest BCUT2D eigenvalue weighted by atomic mass is 10.2. The number of hydrogen-bond donors (Lipinski definition) is 1. The van der Waals surface area contributed by atoms with Gasteiger partial charge in [-0.05, 0) is 12.8 Å². The molecule has 0 spiro atoms. The van der Waals surface area contributed by atoms with Gasteiger partial charge in [-0.25, -0.2) is 9.78 Å². The maximum absolute atomic E-state index is 12.0. The van der Waals surface area contributed by atoms with Crippen LogP contribution in [0, 0.1) is 0 Å². The van der Waals surface area contributed by atoms with Gasteiger partial charge in [0.15, 0.2) is 5.69 Å². The number of hydrogen-bond acceptors (Lipinski definition) is 4. The van der Waals surface area contributed by atoms with E-state index in [2.05, 4.69) is 4.98 Å². The zero-order chi connectivity index (χ0) is 12.4. The van der Waals surface area contributed by atoms with Crippen LogP contribution in [0.15, 0.2) is 10.7 Å². The van der Waals surface area contributed by atoms with Gasteiger partial charge in [0.1, 0.15) is 12.3 Å². The quantitative estimate of drug-likeness (QED) is 0.821. The van der Waals surface area contributed by atoms with Gasteiger partial charge in [-0.2, -0.15) is 0 Å². The molecule has 1 aromatic rings. The zero-order valence-electron chi connectivity index (χ0n) is 8.93. The highest BCUT2D eigenvalue weighted by Crippen LogP contribution is 2.20. The van der Waals surface area contributed by atoms with Gasteiger partial charge >= 0.3 is 5.97 Å². The first kappa shape index (κ1) is 11.9. The Hall–Kier alpha value is -1.56. The van der Waals surface area contributed by atoms with Crippen molar-refractivity contribution >= 4 is 23.5 Å². The molecule has 1 N–H and O–H groups in total. The highest BCUT2D eigenvalue weighted by atomic mass is 35.5. The number of rotatable bonds is 3. The Morgan fingerprint density at radius 2 is 2.41 bits per heavy atom. The molecule has 7 heteroatoms. The summed E-state index contributed by atoms with van der Waals surface area (Å²) in [7, 11) is 0. The monoisotopic (exact) mass is 258 g/mol. The summed E-state index contributed by atoms with van der Waals surface area (Å²) < 4.78 is 4.95. The van der Waals surface area contributed by atoms with E-state index in [1.807, 2.05) is 0 Å². The standard InChI is InChI=1S/C10H11ClN2O4/c11-4-8-12-6(5-17-8)9(14)13-3-1-2-7(13)10(15)16/h5,7H,1-4H2,(H,15,16)/t7-/m1/s1. The molecule has 1 aromatic heterocycles. The number of carboxylic acid groups (broad SMARTS) is 1. The molecule has 0 saturated carbocycles. The molecular weight excluding hydrogens is 248 g/mol. The molecule has 1 aliphatic heterocycles. The molecule has 1 saturated heterocycles. The third-order valence-electron chi connectivity index (χ3n) is 2.68. The van der Waals surface area contributed by atoms with E-state index in [4.69, 9.17) is 21.1 Å². The molecule has 1 aliphatic rings. The molecule has 1 atom stereocenters. The molecule has 2 rings (SSSR count). The summed E-state index contributed by atoms with van der Waals surface area (Å²) in [6, 6.07) is -0.765. The minimum absolute atomic E-state index is 0.0790. The average molecular weight is 259 g/mol. The number of alkyl halides is 1. The van der Waals surface area contributed by atoms with Crippen LogP contribution in [-0.2, 0) is 10.7 Å². The van der Waals surface area contributed by atoms with Gasteiger partial charge in [0.25, 0.3) is 5.91 Å².